The van der Waals surface area contributed by atoms with E-state index in [0.717, 1.165) is 38.5 Å². The van der Waals surface area contributed by atoms with E-state index in [9.17, 15) is 14.7 Å². The van der Waals surface area contributed by atoms with Crippen LogP contribution < -0.4 is 0 Å². The van der Waals surface area contributed by atoms with Gasteiger partial charge in [-0.25, -0.2) is 0 Å². The molecule has 0 unspecified atom stereocenters. The van der Waals surface area contributed by atoms with Crippen LogP contribution in [0.5, 0.6) is 0 Å². The van der Waals surface area contributed by atoms with Crippen molar-refractivity contribution in [3.8, 4) is 0 Å². The average molecular weight is 435 g/mol. The highest BCUT2D eigenvalue weighted by Crippen LogP contribution is 2.71. The maximum Gasteiger partial charge on any atom is 0.302 e. The lowest BCUT2D eigenvalue weighted by molar-refractivity contribution is -0.219. The Labute approximate surface area is 185 Å². The second kappa shape index (κ2) is 7.18. The quantitative estimate of drug-likeness (QED) is 0.683. The molecule has 5 aliphatic rings. The highest BCUT2D eigenvalue weighted by atomic mass is 16.6. The first-order valence-corrected chi connectivity index (χ1v) is 12.3. The molecule has 0 spiro atoms. The van der Waals surface area contributed by atoms with E-state index in [0.29, 0.717) is 36.7 Å². The van der Waals surface area contributed by atoms with Gasteiger partial charge in [0.2, 0.25) is 0 Å². The van der Waals surface area contributed by atoms with E-state index in [1.807, 2.05) is 0 Å². The van der Waals surface area contributed by atoms with Crippen LogP contribution >= 0.6 is 0 Å². The first-order valence-electron chi connectivity index (χ1n) is 12.3. The fraction of sp³-hybridized carbons (Fsp3) is 0.920. The number of rotatable bonds is 3. The van der Waals surface area contributed by atoms with Gasteiger partial charge in [0.1, 0.15) is 17.8 Å². The third kappa shape index (κ3) is 2.96. The zero-order valence-electron chi connectivity index (χ0n) is 19.4. The highest BCUT2D eigenvalue weighted by molar-refractivity contribution is 5.66. The zero-order chi connectivity index (χ0) is 22.2. The lowest BCUT2D eigenvalue weighted by Crippen LogP contribution is -2.66. The van der Waals surface area contributed by atoms with E-state index < -0.39 is 5.60 Å². The van der Waals surface area contributed by atoms with Crippen LogP contribution in [0.1, 0.15) is 79.1 Å². The molecular formula is C25H38O6. The van der Waals surface area contributed by atoms with Gasteiger partial charge in [0, 0.05) is 31.6 Å². The van der Waals surface area contributed by atoms with Crippen molar-refractivity contribution in [2.24, 2.45) is 34.5 Å². The van der Waals surface area contributed by atoms with Crippen LogP contribution in [0.15, 0.2) is 0 Å². The van der Waals surface area contributed by atoms with Crippen molar-refractivity contribution >= 4 is 11.9 Å². The molecular weight excluding hydrogens is 396 g/mol. The molecule has 1 saturated heterocycles. The van der Waals surface area contributed by atoms with Crippen molar-refractivity contribution in [1.82, 2.24) is 0 Å². The molecule has 1 heterocycles. The number of aliphatic hydroxyl groups is 1. The zero-order valence-corrected chi connectivity index (χ0v) is 19.4. The number of ether oxygens (including phenoxy) is 3. The molecule has 1 N–H and O–H groups in total. The number of carbonyl (C=O) groups excluding carboxylic acids is 2. The van der Waals surface area contributed by atoms with Crippen molar-refractivity contribution in [3.05, 3.63) is 0 Å². The Morgan fingerprint density at radius 1 is 1.06 bits per heavy atom. The summed E-state index contributed by atoms with van der Waals surface area (Å²) in [6.07, 6.45) is 7.16. The lowest BCUT2D eigenvalue weighted by Gasteiger charge is -2.62. The summed E-state index contributed by atoms with van der Waals surface area (Å²) in [6.45, 7) is 8.08. The summed E-state index contributed by atoms with van der Waals surface area (Å²) in [5.74, 6) is 1.54. The molecule has 1 aliphatic heterocycles. The number of fused-ring (bicyclic) bond motifs is 3. The Kier molecular flexibility index (Phi) is 5.02. The first-order chi connectivity index (χ1) is 14.6. The monoisotopic (exact) mass is 434 g/mol. The van der Waals surface area contributed by atoms with E-state index in [-0.39, 0.29) is 41.1 Å². The van der Waals surface area contributed by atoms with Crippen LogP contribution in [-0.2, 0) is 23.8 Å². The minimum absolute atomic E-state index is 0.0464. The van der Waals surface area contributed by atoms with E-state index in [2.05, 4.69) is 13.8 Å². The Hall–Kier alpha value is -1.14. The molecule has 10 atom stereocenters. The predicted molar refractivity (Wildman–Crippen MR) is 113 cm³/mol. The van der Waals surface area contributed by atoms with Crippen LogP contribution in [0.25, 0.3) is 0 Å². The van der Waals surface area contributed by atoms with Gasteiger partial charge in [-0.1, -0.05) is 6.92 Å². The van der Waals surface area contributed by atoms with Crippen molar-refractivity contribution in [2.45, 2.75) is 103 Å². The van der Waals surface area contributed by atoms with Gasteiger partial charge in [0.15, 0.2) is 0 Å². The van der Waals surface area contributed by atoms with Crippen molar-refractivity contribution < 1.29 is 28.9 Å². The molecule has 6 nitrogen and oxygen atoms in total. The molecule has 2 bridgehead atoms. The molecule has 5 rings (SSSR count). The molecule has 4 aliphatic carbocycles. The Morgan fingerprint density at radius 2 is 1.84 bits per heavy atom. The second-order valence-corrected chi connectivity index (χ2v) is 11.5. The van der Waals surface area contributed by atoms with Crippen LogP contribution in [0.3, 0.4) is 0 Å². The summed E-state index contributed by atoms with van der Waals surface area (Å²) in [5, 5.41) is 12.0. The Morgan fingerprint density at radius 3 is 2.55 bits per heavy atom. The van der Waals surface area contributed by atoms with Gasteiger partial charge in [0.05, 0.1) is 12.7 Å². The van der Waals surface area contributed by atoms with E-state index in [1.165, 1.54) is 20.3 Å². The van der Waals surface area contributed by atoms with E-state index >= 15 is 0 Å². The van der Waals surface area contributed by atoms with Gasteiger partial charge >= 0.3 is 11.9 Å². The smallest absolute Gasteiger partial charge is 0.302 e. The maximum absolute atomic E-state index is 12.0. The summed E-state index contributed by atoms with van der Waals surface area (Å²) < 4.78 is 17.5. The summed E-state index contributed by atoms with van der Waals surface area (Å²) >= 11 is 0. The Bertz CT molecular complexity index is 767. The molecule has 0 aromatic rings. The van der Waals surface area contributed by atoms with Gasteiger partial charge in [-0.3, -0.25) is 9.59 Å². The topological polar surface area (TPSA) is 82.1 Å². The molecule has 6 heteroatoms. The molecule has 0 amide bonds. The summed E-state index contributed by atoms with van der Waals surface area (Å²) in [5.41, 5.74) is -0.919. The minimum Gasteiger partial charge on any atom is -0.463 e. The highest BCUT2D eigenvalue weighted by Gasteiger charge is 2.73. The van der Waals surface area contributed by atoms with Crippen LogP contribution in [-0.4, -0.2) is 47.6 Å². The third-order valence-corrected chi connectivity index (χ3v) is 10.3. The standard InChI is InChI=1S/C25H38O6/c1-14(30-15(2)26)19-5-6-20-18-11-22-25(28)12-17(31-16(3)27)7-10-24(25,13-29-22)21(18)8-9-23(19,20)4/h14,17-22,28H,5-13H2,1-4H3/t14-,17+,18+,19-,20+,21+,22+,23-,24+,25+/m1/s1. The molecule has 5 fully saturated rings. The van der Waals surface area contributed by atoms with Gasteiger partial charge in [-0.05, 0) is 75.0 Å². The number of hydrogen-bond acceptors (Lipinski definition) is 6. The minimum atomic E-state index is -0.886. The largest absolute Gasteiger partial charge is 0.463 e. The average Bonchev–Trinajstić information content (AvgIpc) is 3.10. The second-order valence-electron chi connectivity index (χ2n) is 11.5. The maximum atomic E-state index is 12.0. The first kappa shape index (κ1) is 21.7. The molecule has 0 radical (unpaired) electrons. The Balaban J connectivity index is 1.41. The van der Waals surface area contributed by atoms with Gasteiger partial charge in [-0.15, -0.1) is 0 Å². The van der Waals surface area contributed by atoms with Gasteiger partial charge in [0.25, 0.3) is 0 Å². The third-order valence-electron chi connectivity index (χ3n) is 10.3. The molecule has 4 saturated carbocycles. The molecule has 174 valence electrons. The fourth-order valence-electron chi connectivity index (χ4n) is 9.24. The van der Waals surface area contributed by atoms with Crippen LogP contribution in [0, 0.1) is 34.5 Å². The summed E-state index contributed by atoms with van der Waals surface area (Å²) in [4.78, 5) is 23.1. The fourth-order valence-corrected chi connectivity index (χ4v) is 9.24. The van der Waals surface area contributed by atoms with Gasteiger partial charge in [-0.2, -0.15) is 0 Å². The number of hydrogen-bond donors (Lipinski definition) is 1. The number of esters is 2. The van der Waals surface area contributed by atoms with Crippen molar-refractivity contribution in [1.29, 1.82) is 0 Å². The van der Waals surface area contributed by atoms with Crippen LogP contribution in [0.2, 0.25) is 0 Å². The van der Waals surface area contributed by atoms with Gasteiger partial charge < -0.3 is 19.3 Å². The number of carbonyl (C=O) groups is 2. The van der Waals surface area contributed by atoms with Crippen LogP contribution in [0.4, 0.5) is 0 Å². The van der Waals surface area contributed by atoms with Crippen molar-refractivity contribution in [3.63, 3.8) is 0 Å². The summed E-state index contributed by atoms with van der Waals surface area (Å²) in [7, 11) is 0. The molecule has 0 aromatic heterocycles. The van der Waals surface area contributed by atoms with Crippen molar-refractivity contribution in [2.75, 3.05) is 6.61 Å². The lowest BCUT2D eigenvalue weighted by atomic mass is 9.43. The SMILES string of the molecule is CC(=O)O[C@H]1CC[C@]23CO[C@@H](C[C@H]4[C@@H]5CC[C@H]([C@@H](C)OC(C)=O)[C@@]5(C)CC[C@@H]42)[C@@]3(O)C1. The predicted octanol–water partition coefficient (Wildman–Crippen LogP) is 3.63. The normalized spacial score (nSPS) is 51.3. The summed E-state index contributed by atoms with van der Waals surface area (Å²) in [6, 6.07) is 0. The van der Waals surface area contributed by atoms with E-state index in [4.69, 9.17) is 14.2 Å². The van der Waals surface area contributed by atoms with E-state index in [1.54, 1.807) is 0 Å². The molecule has 0 aromatic carbocycles. The molecule has 31 heavy (non-hydrogen) atoms.